The van der Waals surface area contributed by atoms with Crippen LogP contribution >= 0.6 is 0 Å². The zero-order valence-corrected chi connectivity index (χ0v) is 14.8. The first-order valence-corrected chi connectivity index (χ1v) is 9.15. The van der Waals surface area contributed by atoms with Crippen molar-refractivity contribution in [2.24, 2.45) is 0 Å². The molecule has 0 aromatic carbocycles. The van der Waals surface area contributed by atoms with Gasteiger partial charge in [0.2, 0.25) is 11.8 Å². The molecule has 1 saturated heterocycles. The molecule has 0 bridgehead atoms. The predicted octanol–water partition coefficient (Wildman–Crippen LogP) is -1.63. The maximum absolute atomic E-state index is 11.7. The van der Waals surface area contributed by atoms with Crippen molar-refractivity contribution in [2.45, 2.75) is 39.2 Å². The number of carbonyl (C=O) groups excluding carboxylic acids is 5. The summed E-state index contributed by atoms with van der Waals surface area (Å²) in [6.45, 7) is 3.02. The fraction of sp³-hybridized carbons (Fsp3) is 0.643. The van der Waals surface area contributed by atoms with Gasteiger partial charge in [-0.2, -0.15) is 0 Å². The molecule has 25 heavy (non-hydrogen) atoms. The normalized spacial score (nSPS) is 15.2. The Balaban J connectivity index is 2.22. The summed E-state index contributed by atoms with van der Waals surface area (Å²) in [7, 11) is -1.50. The molecule has 1 unspecified atom stereocenters. The van der Waals surface area contributed by atoms with E-state index in [-0.39, 0.29) is 42.7 Å². The molecule has 1 fully saturated rings. The fourth-order valence-electron chi connectivity index (χ4n) is 1.84. The number of imide groups is 1. The van der Waals surface area contributed by atoms with E-state index in [1.807, 2.05) is 0 Å². The van der Waals surface area contributed by atoms with Gasteiger partial charge in [-0.25, -0.2) is 4.79 Å². The SMILES string of the molecule is CC(C)NC(=O)CS(=O)CCC(=O)NCC(=O)ON1C(=O)CCC1=O. The molecule has 140 valence electrons. The smallest absolute Gasteiger partial charge is 0.352 e. The molecule has 0 radical (unpaired) electrons. The molecule has 1 heterocycles. The van der Waals surface area contributed by atoms with Crippen molar-refractivity contribution in [3.63, 3.8) is 0 Å². The van der Waals surface area contributed by atoms with Crippen LogP contribution in [0.25, 0.3) is 0 Å². The quantitative estimate of drug-likeness (QED) is 0.461. The maximum atomic E-state index is 11.7. The molecular weight excluding hydrogens is 354 g/mol. The predicted molar refractivity (Wildman–Crippen MR) is 86.0 cm³/mol. The molecule has 2 N–H and O–H groups in total. The Hall–Kier alpha value is -2.30. The minimum Gasteiger partial charge on any atom is -0.353 e. The van der Waals surface area contributed by atoms with Crippen molar-refractivity contribution >= 4 is 40.4 Å². The Morgan fingerprint density at radius 2 is 1.76 bits per heavy atom. The van der Waals surface area contributed by atoms with E-state index >= 15 is 0 Å². The van der Waals surface area contributed by atoms with Gasteiger partial charge < -0.3 is 15.5 Å². The summed E-state index contributed by atoms with van der Waals surface area (Å²) < 4.78 is 11.7. The number of amides is 4. The van der Waals surface area contributed by atoms with Crippen LogP contribution in [-0.2, 0) is 39.6 Å². The minimum absolute atomic E-state index is 0.0192. The second kappa shape index (κ2) is 9.87. The van der Waals surface area contributed by atoms with Crippen LogP contribution in [0.3, 0.4) is 0 Å². The molecular formula is C14H21N3O7S. The number of nitrogens with one attached hydrogen (secondary N) is 2. The maximum Gasteiger partial charge on any atom is 0.352 e. The standard InChI is InChI=1S/C14H21N3O7S/c1-9(2)16-11(19)8-25(23)6-5-10(18)15-7-14(22)24-17-12(20)3-4-13(17)21/h9H,3-8H2,1-2H3,(H,15,18)(H,16,19). The van der Waals surface area contributed by atoms with Crippen molar-refractivity contribution < 1.29 is 33.0 Å². The Morgan fingerprint density at radius 1 is 1.16 bits per heavy atom. The molecule has 0 aliphatic carbocycles. The van der Waals surface area contributed by atoms with Crippen LogP contribution in [0.15, 0.2) is 0 Å². The number of nitrogens with zero attached hydrogens (tertiary/aromatic N) is 1. The lowest BCUT2D eigenvalue weighted by Crippen LogP contribution is -2.38. The highest BCUT2D eigenvalue weighted by atomic mass is 32.2. The highest BCUT2D eigenvalue weighted by Crippen LogP contribution is 2.11. The number of hydrogen-bond donors (Lipinski definition) is 2. The fourth-order valence-corrected chi connectivity index (χ4v) is 2.77. The largest absolute Gasteiger partial charge is 0.353 e. The molecule has 10 nitrogen and oxygen atoms in total. The summed E-state index contributed by atoms with van der Waals surface area (Å²) in [5, 5.41) is 5.20. The first kappa shape index (κ1) is 20.7. The first-order valence-electron chi connectivity index (χ1n) is 7.66. The van der Waals surface area contributed by atoms with Gasteiger partial charge in [-0.3, -0.25) is 23.4 Å². The Kier molecular flexibility index (Phi) is 8.19. The number of hydroxylamine groups is 2. The van der Waals surface area contributed by atoms with Gasteiger partial charge in [0, 0.05) is 41.9 Å². The van der Waals surface area contributed by atoms with Crippen molar-refractivity contribution in [3.05, 3.63) is 0 Å². The Bertz CT molecular complexity index is 575. The summed E-state index contributed by atoms with van der Waals surface area (Å²) in [5.41, 5.74) is 0. The minimum atomic E-state index is -1.50. The molecule has 1 aliphatic heterocycles. The van der Waals surface area contributed by atoms with Gasteiger partial charge in [-0.15, -0.1) is 5.06 Å². The third kappa shape index (κ3) is 7.88. The van der Waals surface area contributed by atoms with Crippen LogP contribution in [-0.4, -0.2) is 63.0 Å². The highest BCUT2D eigenvalue weighted by Gasteiger charge is 2.32. The second-order valence-corrected chi connectivity index (χ2v) is 7.16. The van der Waals surface area contributed by atoms with E-state index in [0.29, 0.717) is 5.06 Å². The van der Waals surface area contributed by atoms with Gasteiger partial charge in [0.25, 0.3) is 11.8 Å². The summed E-state index contributed by atoms with van der Waals surface area (Å²) in [4.78, 5) is 61.6. The van der Waals surface area contributed by atoms with Crippen molar-refractivity contribution in [2.75, 3.05) is 18.1 Å². The molecule has 4 amide bonds. The lowest BCUT2D eigenvalue weighted by molar-refractivity contribution is -0.196. The molecule has 0 aromatic heterocycles. The van der Waals surface area contributed by atoms with E-state index < -0.39 is 41.0 Å². The van der Waals surface area contributed by atoms with Gasteiger partial charge in [0.1, 0.15) is 12.3 Å². The summed E-state index contributed by atoms with van der Waals surface area (Å²) >= 11 is 0. The average Bonchev–Trinajstić information content (AvgIpc) is 2.82. The van der Waals surface area contributed by atoms with Crippen LogP contribution in [0, 0.1) is 0 Å². The first-order chi connectivity index (χ1) is 11.7. The highest BCUT2D eigenvalue weighted by molar-refractivity contribution is 7.85. The second-order valence-electron chi connectivity index (χ2n) is 5.58. The van der Waals surface area contributed by atoms with E-state index in [4.69, 9.17) is 0 Å². The van der Waals surface area contributed by atoms with Crippen LogP contribution in [0.2, 0.25) is 0 Å². The van der Waals surface area contributed by atoms with Crippen LogP contribution in [0.5, 0.6) is 0 Å². The topological polar surface area (TPSA) is 139 Å². The third-order valence-corrected chi connectivity index (χ3v) is 4.17. The molecule has 0 aromatic rings. The zero-order chi connectivity index (χ0) is 19.0. The Morgan fingerprint density at radius 3 is 2.32 bits per heavy atom. The van der Waals surface area contributed by atoms with E-state index in [9.17, 15) is 28.2 Å². The van der Waals surface area contributed by atoms with Crippen molar-refractivity contribution in [1.29, 1.82) is 0 Å². The molecule has 11 heteroatoms. The van der Waals surface area contributed by atoms with Gasteiger partial charge in [0.15, 0.2) is 0 Å². The van der Waals surface area contributed by atoms with Gasteiger partial charge >= 0.3 is 5.97 Å². The number of rotatable bonds is 9. The molecule has 0 spiro atoms. The Labute approximate surface area is 147 Å². The zero-order valence-electron chi connectivity index (χ0n) is 14.0. The lowest BCUT2D eigenvalue weighted by Gasteiger charge is -2.12. The van der Waals surface area contributed by atoms with Gasteiger partial charge in [-0.1, -0.05) is 0 Å². The molecule has 1 rings (SSSR count). The van der Waals surface area contributed by atoms with Crippen molar-refractivity contribution in [3.8, 4) is 0 Å². The van der Waals surface area contributed by atoms with Crippen molar-refractivity contribution in [1.82, 2.24) is 15.7 Å². The van der Waals surface area contributed by atoms with E-state index in [0.717, 1.165) is 0 Å². The van der Waals surface area contributed by atoms with E-state index in [1.165, 1.54) is 0 Å². The van der Waals surface area contributed by atoms with Gasteiger partial charge in [0.05, 0.1) is 0 Å². The molecule has 1 atom stereocenters. The van der Waals surface area contributed by atoms with Crippen LogP contribution < -0.4 is 10.6 Å². The lowest BCUT2D eigenvalue weighted by atomic mass is 10.4. The average molecular weight is 375 g/mol. The number of hydrogen-bond acceptors (Lipinski definition) is 7. The van der Waals surface area contributed by atoms with Gasteiger partial charge in [-0.05, 0) is 13.8 Å². The molecule has 0 saturated carbocycles. The van der Waals surface area contributed by atoms with Crippen LogP contribution in [0.4, 0.5) is 0 Å². The summed E-state index contributed by atoms with van der Waals surface area (Å²) in [6.07, 6.45) is -0.181. The van der Waals surface area contributed by atoms with E-state index in [2.05, 4.69) is 15.5 Å². The third-order valence-electron chi connectivity index (χ3n) is 2.93. The van der Waals surface area contributed by atoms with Crippen LogP contribution in [0.1, 0.15) is 33.1 Å². The summed E-state index contributed by atoms with van der Waals surface area (Å²) in [6, 6.07) is -0.0619. The van der Waals surface area contributed by atoms with E-state index in [1.54, 1.807) is 13.8 Å². The molecule has 1 aliphatic rings. The monoisotopic (exact) mass is 375 g/mol. The number of carbonyl (C=O) groups is 5. The summed E-state index contributed by atoms with van der Waals surface area (Å²) in [5.74, 6) is -3.35.